The molecule has 0 amide bonds. The highest BCUT2D eigenvalue weighted by Crippen LogP contribution is 2.14. The molecule has 0 aliphatic heterocycles. The van der Waals surface area contributed by atoms with Crippen molar-refractivity contribution < 1.29 is 0 Å². The summed E-state index contributed by atoms with van der Waals surface area (Å²) >= 11 is 0. The summed E-state index contributed by atoms with van der Waals surface area (Å²) in [5.74, 6) is 3.10. The summed E-state index contributed by atoms with van der Waals surface area (Å²) in [6.45, 7) is 0. The Balaban J connectivity index is 2.46. The predicted molar refractivity (Wildman–Crippen MR) is 35.0 cm³/mol. The maximum atomic E-state index is 5.19. The van der Waals surface area contributed by atoms with E-state index in [0.29, 0.717) is 5.92 Å². The summed E-state index contributed by atoms with van der Waals surface area (Å²) in [5.41, 5.74) is 0. The zero-order valence-electron chi connectivity index (χ0n) is 4.80. The van der Waals surface area contributed by atoms with Gasteiger partial charge in [-0.05, 0) is 19.3 Å². The number of terminal acetylenes is 1. The predicted octanol–water partition coefficient (Wildman–Crippen LogP) is 1.79. The lowest BCUT2D eigenvalue weighted by Gasteiger charge is -2.07. The van der Waals surface area contributed by atoms with Crippen molar-refractivity contribution in [3.05, 3.63) is 18.6 Å². The van der Waals surface area contributed by atoms with E-state index in [4.69, 9.17) is 6.42 Å². The molecule has 0 N–H and O–H groups in total. The molecule has 1 rings (SSSR count). The van der Waals surface area contributed by atoms with Crippen LogP contribution in [-0.2, 0) is 0 Å². The second-order valence-electron chi connectivity index (χ2n) is 1.97. The molecule has 0 heteroatoms. The van der Waals surface area contributed by atoms with Crippen molar-refractivity contribution in [1.29, 1.82) is 0 Å². The third-order valence-electron chi connectivity index (χ3n) is 1.34. The topological polar surface area (TPSA) is 0 Å². The van der Waals surface area contributed by atoms with Crippen molar-refractivity contribution in [1.82, 2.24) is 0 Å². The summed E-state index contributed by atoms with van der Waals surface area (Å²) in [5, 5.41) is 0. The molecule has 0 aromatic carbocycles. The van der Waals surface area contributed by atoms with E-state index >= 15 is 0 Å². The normalized spacial score (nSPS) is 27.1. The molecule has 0 saturated heterocycles. The highest BCUT2D eigenvalue weighted by Gasteiger charge is 2.02. The van der Waals surface area contributed by atoms with Crippen LogP contribution in [0.1, 0.15) is 12.8 Å². The van der Waals surface area contributed by atoms with Crippen molar-refractivity contribution in [3.8, 4) is 12.3 Å². The molecule has 0 spiro atoms. The van der Waals surface area contributed by atoms with E-state index < -0.39 is 0 Å². The molecule has 1 aliphatic carbocycles. The molecular formula is C8H9. The second kappa shape index (κ2) is 2.57. The van der Waals surface area contributed by atoms with Crippen molar-refractivity contribution in [2.75, 3.05) is 0 Å². The number of hydrogen-bond acceptors (Lipinski definition) is 0. The van der Waals surface area contributed by atoms with Gasteiger partial charge in [-0.25, -0.2) is 0 Å². The first-order valence-corrected chi connectivity index (χ1v) is 2.89. The van der Waals surface area contributed by atoms with Crippen LogP contribution >= 0.6 is 0 Å². The maximum Gasteiger partial charge on any atom is 0.0380 e. The molecule has 0 nitrogen and oxygen atoms in total. The summed E-state index contributed by atoms with van der Waals surface area (Å²) in [4.78, 5) is 0. The van der Waals surface area contributed by atoms with E-state index in [-0.39, 0.29) is 0 Å². The summed E-state index contributed by atoms with van der Waals surface area (Å²) in [6.07, 6.45) is 13.7. The van der Waals surface area contributed by atoms with E-state index in [9.17, 15) is 0 Å². The number of rotatable bonds is 0. The first-order valence-electron chi connectivity index (χ1n) is 2.89. The maximum absolute atomic E-state index is 5.19. The third-order valence-corrected chi connectivity index (χ3v) is 1.34. The fourth-order valence-corrected chi connectivity index (χ4v) is 0.820. The molecule has 0 bridgehead atoms. The van der Waals surface area contributed by atoms with Gasteiger partial charge in [0.25, 0.3) is 0 Å². The molecular weight excluding hydrogens is 96.1 g/mol. The van der Waals surface area contributed by atoms with Crippen LogP contribution in [0.2, 0.25) is 0 Å². The highest BCUT2D eigenvalue weighted by atomic mass is 14.1. The van der Waals surface area contributed by atoms with Crippen molar-refractivity contribution >= 4 is 0 Å². The van der Waals surface area contributed by atoms with Crippen molar-refractivity contribution in [2.24, 2.45) is 5.92 Å². The van der Waals surface area contributed by atoms with Gasteiger partial charge in [0, 0.05) is 5.92 Å². The minimum atomic E-state index is 0.403. The van der Waals surface area contributed by atoms with Gasteiger partial charge < -0.3 is 0 Å². The SMILES string of the molecule is C#CC1C=C[CH]CC1. The molecule has 0 fully saturated rings. The van der Waals surface area contributed by atoms with Crippen LogP contribution in [0.3, 0.4) is 0 Å². The monoisotopic (exact) mass is 105 g/mol. The number of allylic oxidation sites excluding steroid dienone is 2. The lowest BCUT2D eigenvalue weighted by atomic mass is 9.97. The minimum absolute atomic E-state index is 0.403. The van der Waals surface area contributed by atoms with Gasteiger partial charge in [-0.1, -0.05) is 18.1 Å². The van der Waals surface area contributed by atoms with E-state index in [1.807, 2.05) is 6.08 Å². The van der Waals surface area contributed by atoms with Gasteiger partial charge in [-0.3, -0.25) is 0 Å². The summed E-state index contributed by atoms with van der Waals surface area (Å²) in [6, 6.07) is 0. The van der Waals surface area contributed by atoms with E-state index in [1.165, 1.54) is 0 Å². The Hall–Kier alpha value is -0.700. The summed E-state index contributed by atoms with van der Waals surface area (Å²) in [7, 11) is 0. The molecule has 41 valence electrons. The Labute approximate surface area is 50.6 Å². The smallest absolute Gasteiger partial charge is 0.0380 e. The lowest BCUT2D eigenvalue weighted by molar-refractivity contribution is 0.706. The molecule has 1 unspecified atom stereocenters. The van der Waals surface area contributed by atoms with Crippen LogP contribution in [0.15, 0.2) is 12.2 Å². The molecule has 0 aromatic rings. The minimum Gasteiger partial charge on any atom is -0.119 e. The van der Waals surface area contributed by atoms with E-state index in [0.717, 1.165) is 12.8 Å². The van der Waals surface area contributed by atoms with Crippen LogP contribution in [0, 0.1) is 24.7 Å². The molecule has 0 saturated carbocycles. The molecule has 0 aromatic heterocycles. The van der Waals surface area contributed by atoms with Crippen LogP contribution in [-0.4, -0.2) is 0 Å². The molecule has 8 heavy (non-hydrogen) atoms. The van der Waals surface area contributed by atoms with Gasteiger partial charge in [0.15, 0.2) is 0 Å². The Kier molecular flexibility index (Phi) is 1.75. The average molecular weight is 105 g/mol. The highest BCUT2D eigenvalue weighted by molar-refractivity contribution is 5.12. The zero-order chi connectivity index (χ0) is 5.82. The zero-order valence-corrected chi connectivity index (χ0v) is 4.80. The standard InChI is InChI=1S/C8H9/c1-2-8-6-4-3-5-7-8/h1,3-4,6,8H,5,7H2. The van der Waals surface area contributed by atoms with Crippen LogP contribution < -0.4 is 0 Å². The Morgan fingerprint density at radius 1 is 1.62 bits per heavy atom. The fourth-order valence-electron chi connectivity index (χ4n) is 0.820. The van der Waals surface area contributed by atoms with Gasteiger partial charge in [-0.2, -0.15) is 0 Å². The molecule has 1 radical (unpaired) electrons. The Bertz CT molecular complexity index is 125. The summed E-state index contributed by atoms with van der Waals surface area (Å²) < 4.78 is 0. The Morgan fingerprint density at radius 3 is 2.88 bits per heavy atom. The first-order chi connectivity index (χ1) is 3.93. The van der Waals surface area contributed by atoms with Crippen LogP contribution in [0.4, 0.5) is 0 Å². The first kappa shape index (κ1) is 5.44. The van der Waals surface area contributed by atoms with E-state index in [2.05, 4.69) is 18.4 Å². The average Bonchev–Trinajstić information content (AvgIpc) is 1.90. The van der Waals surface area contributed by atoms with Gasteiger partial charge in [0.2, 0.25) is 0 Å². The molecule has 1 aliphatic rings. The van der Waals surface area contributed by atoms with Crippen LogP contribution in [0.5, 0.6) is 0 Å². The quantitative estimate of drug-likeness (QED) is 0.412. The van der Waals surface area contributed by atoms with Gasteiger partial charge in [0.1, 0.15) is 0 Å². The van der Waals surface area contributed by atoms with Crippen molar-refractivity contribution in [3.63, 3.8) is 0 Å². The molecule has 0 heterocycles. The van der Waals surface area contributed by atoms with E-state index in [1.54, 1.807) is 0 Å². The van der Waals surface area contributed by atoms with Gasteiger partial charge in [0.05, 0.1) is 0 Å². The second-order valence-corrected chi connectivity index (χ2v) is 1.97. The van der Waals surface area contributed by atoms with Crippen molar-refractivity contribution in [2.45, 2.75) is 12.8 Å². The van der Waals surface area contributed by atoms with Gasteiger partial charge >= 0.3 is 0 Å². The third kappa shape index (κ3) is 1.13. The Morgan fingerprint density at radius 2 is 2.50 bits per heavy atom. The van der Waals surface area contributed by atoms with Crippen LogP contribution in [0.25, 0.3) is 0 Å². The lowest BCUT2D eigenvalue weighted by Crippen LogP contribution is -1.96. The molecule has 1 atom stereocenters. The van der Waals surface area contributed by atoms with Gasteiger partial charge in [-0.15, -0.1) is 6.42 Å². The largest absolute Gasteiger partial charge is 0.119 e. The number of hydrogen-bond donors (Lipinski definition) is 0. The fraction of sp³-hybridized carbons (Fsp3) is 0.375.